The van der Waals surface area contributed by atoms with Gasteiger partial charge in [-0.25, -0.2) is 0 Å². The molecule has 3 aliphatic heterocycles. The summed E-state index contributed by atoms with van der Waals surface area (Å²) in [6.45, 7) is 2.34. The molecule has 0 saturated carbocycles. The lowest BCUT2D eigenvalue weighted by molar-refractivity contribution is -0.138. The maximum atomic E-state index is 11.0. The zero-order valence-electron chi connectivity index (χ0n) is 9.32. The molecule has 3 saturated heterocycles. The highest BCUT2D eigenvalue weighted by Gasteiger charge is 2.53. The summed E-state index contributed by atoms with van der Waals surface area (Å²) in [4.78, 5) is 13.6. The van der Waals surface area contributed by atoms with Crippen molar-refractivity contribution in [1.82, 2.24) is 10.2 Å². The van der Waals surface area contributed by atoms with Crippen LogP contribution in [0.15, 0.2) is 0 Å². The number of rotatable bonds is 1. The van der Waals surface area contributed by atoms with Crippen LogP contribution in [-0.4, -0.2) is 51.8 Å². The number of thioether (sulfide) groups is 1. The summed E-state index contributed by atoms with van der Waals surface area (Å²) in [6.07, 6.45) is 4.93. The Kier molecular flexibility index (Phi) is 2.64. The summed E-state index contributed by atoms with van der Waals surface area (Å²) >= 11 is 1.84. The van der Waals surface area contributed by atoms with Crippen molar-refractivity contribution in [3.63, 3.8) is 0 Å². The van der Waals surface area contributed by atoms with E-state index in [0.717, 1.165) is 18.7 Å². The second-order valence-electron chi connectivity index (χ2n) is 5.03. The van der Waals surface area contributed by atoms with Gasteiger partial charge in [0.05, 0.1) is 4.87 Å². The number of piperidine rings is 1. The molecule has 0 aliphatic carbocycles. The first-order valence-corrected chi connectivity index (χ1v) is 7.08. The SMILES string of the molecule is O=C(O)C1CSC2(CCN3CCCCC32)N1. The minimum absolute atomic E-state index is 0.0451. The molecule has 3 fully saturated rings. The maximum Gasteiger partial charge on any atom is 0.321 e. The Morgan fingerprint density at radius 1 is 1.44 bits per heavy atom. The van der Waals surface area contributed by atoms with Crippen molar-refractivity contribution in [3.05, 3.63) is 0 Å². The predicted octanol–water partition coefficient (Wildman–Crippen LogP) is 0.730. The lowest BCUT2D eigenvalue weighted by Gasteiger charge is -2.38. The third-order valence-electron chi connectivity index (χ3n) is 4.15. The van der Waals surface area contributed by atoms with Crippen LogP contribution in [0.5, 0.6) is 0 Å². The molecule has 90 valence electrons. The van der Waals surface area contributed by atoms with Gasteiger partial charge in [0.15, 0.2) is 0 Å². The van der Waals surface area contributed by atoms with Crippen molar-refractivity contribution in [2.45, 2.75) is 42.6 Å². The topological polar surface area (TPSA) is 52.6 Å². The Bertz CT molecular complexity index is 312. The number of fused-ring (bicyclic) bond motifs is 2. The number of nitrogens with one attached hydrogen (secondary N) is 1. The van der Waals surface area contributed by atoms with Crippen LogP contribution < -0.4 is 5.32 Å². The van der Waals surface area contributed by atoms with Crippen molar-refractivity contribution < 1.29 is 9.90 Å². The highest BCUT2D eigenvalue weighted by atomic mass is 32.2. The Labute approximate surface area is 99.8 Å². The lowest BCUT2D eigenvalue weighted by atomic mass is 9.98. The Hall–Kier alpha value is -0.260. The standard InChI is InChI=1S/C11H18N2O2S/c14-10(15)8-7-16-11(12-8)4-6-13-5-2-1-3-9(11)13/h8-9,12H,1-7H2,(H,14,15). The van der Waals surface area contributed by atoms with Gasteiger partial charge in [0, 0.05) is 18.3 Å². The molecular formula is C11H18N2O2S. The minimum atomic E-state index is -0.696. The summed E-state index contributed by atoms with van der Waals surface area (Å²) in [5.41, 5.74) is 0. The first-order chi connectivity index (χ1) is 7.71. The van der Waals surface area contributed by atoms with Gasteiger partial charge < -0.3 is 5.11 Å². The van der Waals surface area contributed by atoms with E-state index < -0.39 is 5.97 Å². The molecule has 2 N–H and O–H groups in total. The van der Waals surface area contributed by atoms with Gasteiger partial charge in [-0.2, -0.15) is 0 Å². The highest BCUT2D eigenvalue weighted by Crippen LogP contribution is 2.46. The van der Waals surface area contributed by atoms with E-state index in [1.807, 2.05) is 11.8 Å². The molecule has 0 radical (unpaired) electrons. The van der Waals surface area contributed by atoms with E-state index in [-0.39, 0.29) is 10.9 Å². The van der Waals surface area contributed by atoms with Gasteiger partial charge in [0.2, 0.25) is 0 Å². The number of carboxylic acid groups (broad SMARTS) is 1. The molecule has 3 atom stereocenters. The summed E-state index contributed by atoms with van der Waals surface area (Å²) in [5.74, 6) is 0.0262. The molecule has 1 spiro atoms. The largest absolute Gasteiger partial charge is 0.480 e. The van der Waals surface area contributed by atoms with Crippen LogP contribution >= 0.6 is 11.8 Å². The van der Waals surface area contributed by atoms with E-state index >= 15 is 0 Å². The maximum absolute atomic E-state index is 11.0. The van der Waals surface area contributed by atoms with Gasteiger partial charge in [-0.1, -0.05) is 6.42 Å². The number of carbonyl (C=O) groups is 1. The van der Waals surface area contributed by atoms with Crippen molar-refractivity contribution in [1.29, 1.82) is 0 Å². The van der Waals surface area contributed by atoms with Crippen molar-refractivity contribution in [2.75, 3.05) is 18.8 Å². The monoisotopic (exact) mass is 242 g/mol. The zero-order chi connectivity index (χ0) is 11.2. The van der Waals surface area contributed by atoms with E-state index in [1.165, 1.54) is 25.8 Å². The number of carboxylic acids is 1. The van der Waals surface area contributed by atoms with E-state index in [4.69, 9.17) is 5.11 Å². The van der Waals surface area contributed by atoms with E-state index in [1.54, 1.807) is 0 Å². The van der Waals surface area contributed by atoms with E-state index in [9.17, 15) is 4.79 Å². The number of hydrogen-bond donors (Lipinski definition) is 2. The van der Waals surface area contributed by atoms with Gasteiger partial charge in [0.25, 0.3) is 0 Å². The number of hydrogen-bond acceptors (Lipinski definition) is 4. The molecule has 16 heavy (non-hydrogen) atoms. The van der Waals surface area contributed by atoms with Gasteiger partial charge in [-0.15, -0.1) is 11.8 Å². The Morgan fingerprint density at radius 3 is 3.06 bits per heavy atom. The molecule has 0 aromatic heterocycles. The molecule has 3 aliphatic rings. The summed E-state index contributed by atoms with van der Waals surface area (Å²) < 4.78 is 0. The third-order valence-corrected chi connectivity index (χ3v) is 5.76. The van der Waals surface area contributed by atoms with Crippen LogP contribution in [0.4, 0.5) is 0 Å². The Morgan fingerprint density at radius 2 is 2.31 bits per heavy atom. The smallest absolute Gasteiger partial charge is 0.321 e. The molecule has 0 amide bonds. The first kappa shape index (κ1) is 10.9. The fraction of sp³-hybridized carbons (Fsp3) is 0.909. The summed E-state index contributed by atoms with van der Waals surface area (Å²) in [5, 5.41) is 12.5. The van der Waals surface area contributed by atoms with Crippen molar-refractivity contribution in [3.8, 4) is 0 Å². The quantitative estimate of drug-likeness (QED) is 0.710. The van der Waals surface area contributed by atoms with Crippen LogP contribution in [0.3, 0.4) is 0 Å². The number of nitrogens with zero attached hydrogens (tertiary/aromatic N) is 1. The van der Waals surface area contributed by atoms with Crippen molar-refractivity contribution in [2.24, 2.45) is 0 Å². The van der Waals surface area contributed by atoms with Crippen LogP contribution in [0.25, 0.3) is 0 Å². The van der Waals surface area contributed by atoms with Gasteiger partial charge in [-0.3, -0.25) is 15.0 Å². The van der Waals surface area contributed by atoms with Crippen LogP contribution in [0.2, 0.25) is 0 Å². The highest BCUT2D eigenvalue weighted by molar-refractivity contribution is 8.01. The van der Waals surface area contributed by atoms with E-state index in [0.29, 0.717) is 6.04 Å². The average molecular weight is 242 g/mol. The molecule has 3 rings (SSSR count). The predicted molar refractivity (Wildman–Crippen MR) is 63.6 cm³/mol. The first-order valence-electron chi connectivity index (χ1n) is 6.10. The van der Waals surface area contributed by atoms with Gasteiger partial charge in [0.1, 0.15) is 6.04 Å². The molecule has 3 unspecified atom stereocenters. The second-order valence-corrected chi connectivity index (χ2v) is 6.38. The van der Waals surface area contributed by atoms with E-state index in [2.05, 4.69) is 10.2 Å². The van der Waals surface area contributed by atoms with Crippen LogP contribution in [-0.2, 0) is 4.79 Å². The molecule has 0 bridgehead atoms. The summed E-state index contributed by atoms with van der Waals surface area (Å²) in [7, 11) is 0. The Balaban J connectivity index is 1.77. The van der Waals surface area contributed by atoms with Gasteiger partial charge >= 0.3 is 5.97 Å². The fourth-order valence-electron chi connectivity index (χ4n) is 3.34. The molecule has 0 aromatic carbocycles. The van der Waals surface area contributed by atoms with Crippen LogP contribution in [0, 0.1) is 0 Å². The molecule has 3 heterocycles. The molecule has 4 nitrogen and oxygen atoms in total. The minimum Gasteiger partial charge on any atom is -0.480 e. The van der Waals surface area contributed by atoms with Crippen molar-refractivity contribution >= 4 is 17.7 Å². The molecule has 0 aromatic rings. The number of aliphatic carboxylic acids is 1. The average Bonchev–Trinajstić information content (AvgIpc) is 2.87. The lowest BCUT2D eigenvalue weighted by Crippen LogP contribution is -2.54. The van der Waals surface area contributed by atoms with Gasteiger partial charge in [-0.05, 0) is 25.8 Å². The molecular weight excluding hydrogens is 224 g/mol. The zero-order valence-corrected chi connectivity index (χ0v) is 10.1. The fourth-order valence-corrected chi connectivity index (χ4v) is 4.95. The summed E-state index contributed by atoms with van der Waals surface area (Å²) in [6, 6.07) is 0.225. The normalized spacial score (nSPS) is 43.8. The third kappa shape index (κ3) is 1.57. The van der Waals surface area contributed by atoms with Crippen LogP contribution in [0.1, 0.15) is 25.7 Å². The molecule has 5 heteroatoms. The second kappa shape index (κ2) is 3.89.